The maximum Gasteiger partial charge on any atom is 0.211 e. The summed E-state index contributed by atoms with van der Waals surface area (Å²) >= 11 is 0. The Kier molecular flexibility index (Phi) is 2.81. The van der Waals surface area contributed by atoms with Crippen LogP contribution in [-0.2, 0) is 14.8 Å². The molecule has 14 heavy (non-hydrogen) atoms. The van der Waals surface area contributed by atoms with Crippen LogP contribution in [0.1, 0.15) is 32.1 Å². The van der Waals surface area contributed by atoms with Crippen molar-refractivity contribution in [2.45, 2.75) is 44.3 Å². The number of hydrogen-bond donors (Lipinski definition) is 1. The van der Waals surface area contributed by atoms with Crippen molar-refractivity contribution in [3.63, 3.8) is 0 Å². The minimum atomic E-state index is -3.38. The summed E-state index contributed by atoms with van der Waals surface area (Å²) in [4.78, 5) is 0. The molecule has 5 heteroatoms. The number of primary sulfonamides is 1. The van der Waals surface area contributed by atoms with Gasteiger partial charge in [0.15, 0.2) is 0 Å². The first-order valence-corrected chi connectivity index (χ1v) is 6.92. The molecule has 0 aromatic heterocycles. The van der Waals surface area contributed by atoms with Gasteiger partial charge in [0.1, 0.15) is 0 Å². The van der Waals surface area contributed by atoms with Crippen LogP contribution in [0.3, 0.4) is 0 Å². The molecular weight excluding hydrogens is 202 g/mol. The van der Waals surface area contributed by atoms with Gasteiger partial charge in [0, 0.05) is 0 Å². The van der Waals surface area contributed by atoms with Crippen LogP contribution >= 0.6 is 0 Å². The molecule has 3 atom stereocenters. The Hall–Kier alpha value is -0.130. The first-order chi connectivity index (χ1) is 6.54. The summed E-state index contributed by atoms with van der Waals surface area (Å²) in [6.45, 7) is 0. The van der Waals surface area contributed by atoms with Crippen molar-refractivity contribution in [2.24, 2.45) is 11.1 Å². The number of fused-ring (bicyclic) bond motifs is 1. The maximum absolute atomic E-state index is 10.9. The van der Waals surface area contributed by atoms with E-state index >= 15 is 0 Å². The van der Waals surface area contributed by atoms with Crippen LogP contribution in [0.15, 0.2) is 0 Å². The Morgan fingerprint density at radius 1 is 1.29 bits per heavy atom. The average molecular weight is 219 g/mol. The zero-order valence-electron chi connectivity index (χ0n) is 8.19. The number of rotatable bonds is 2. The first-order valence-electron chi connectivity index (χ1n) is 5.20. The summed E-state index contributed by atoms with van der Waals surface area (Å²) < 4.78 is 27.5. The molecule has 2 aliphatic rings. The van der Waals surface area contributed by atoms with E-state index in [9.17, 15) is 8.42 Å². The maximum atomic E-state index is 10.9. The third-order valence-corrected chi connectivity index (χ3v) is 4.03. The average Bonchev–Trinajstić information content (AvgIpc) is 2.42. The van der Waals surface area contributed by atoms with E-state index in [-0.39, 0.29) is 11.9 Å². The van der Waals surface area contributed by atoms with Crippen molar-refractivity contribution in [2.75, 3.05) is 5.75 Å². The molecular formula is C9H17NO3S. The molecule has 0 aromatic rings. The molecule has 3 unspecified atom stereocenters. The molecule has 0 aromatic carbocycles. The fraction of sp³-hybridized carbons (Fsp3) is 1.00. The van der Waals surface area contributed by atoms with E-state index in [1.807, 2.05) is 0 Å². The summed E-state index contributed by atoms with van der Waals surface area (Å²) in [6.07, 6.45) is 5.77. The second-order valence-electron chi connectivity index (χ2n) is 4.41. The van der Waals surface area contributed by atoms with Crippen LogP contribution < -0.4 is 5.14 Å². The van der Waals surface area contributed by atoms with Gasteiger partial charge in [-0.25, -0.2) is 13.6 Å². The minimum Gasteiger partial charge on any atom is -0.374 e. The van der Waals surface area contributed by atoms with Crippen molar-refractivity contribution in [3.8, 4) is 0 Å². The minimum absolute atomic E-state index is 0.0139. The van der Waals surface area contributed by atoms with Gasteiger partial charge in [0.25, 0.3) is 0 Å². The van der Waals surface area contributed by atoms with E-state index in [2.05, 4.69) is 0 Å². The highest BCUT2D eigenvalue weighted by Crippen LogP contribution is 2.37. The summed E-state index contributed by atoms with van der Waals surface area (Å²) in [7, 11) is -3.38. The van der Waals surface area contributed by atoms with Crippen LogP contribution in [0.25, 0.3) is 0 Å². The molecule has 1 saturated heterocycles. The largest absolute Gasteiger partial charge is 0.374 e. The normalized spacial score (nSPS) is 38.2. The topological polar surface area (TPSA) is 69.4 Å². The monoisotopic (exact) mass is 219 g/mol. The van der Waals surface area contributed by atoms with E-state index < -0.39 is 10.0 Å². The molecule has 0 radical (unpaired) electrons. The van der Waals surface area contributed by atoms with Gasteiger partial charge in [-0.1, -0.05) is 12.8 Å². The van der Waals surface area contributed by atoms with Gasteiger partial charge in [0.2, 0.25) is 10.0 Å². The van der Waals surface area contributed by atoms with E-state index in [0.29, 0.717) is 12.0 Å². The van der Waals surface area contributed by atoms with E-state index in [0.717, 1.165) is 12.8 Å². The predicted molar refractivity (Wildman–Crippen MR) is 53.2 cm³/mol. The molecule has 1 saturated carbocycles. The van der Waals surface area contributed by atoms with Crippen LogP contribution in [0.2, 0.25) is 0 Å². The third-order valence-electron chi connectivity index (χ3n) is 3.19. The molecule has 1 heterocycles. The van der Waals surface area contributed by atoms with Crippen molar-refractivity contribution >= 4 is 10.0 Å². The lowest BCUT2D eigenvalue weighted by molar-refractivity contribution is 0.0285. The first kappa shape index (κ1) is 10.4. The molecule has 0 bridgehead atoms. The summed E-state index contributed by atoms with van der Waals surface area (Å²) in [5.41, 5.74) is 0. The van der Waals surface area contributed by atoms with Crippen LogP contribution in [0.4, 0.5) is 0 Å². The SMILES string of the molecule is NS(=O)(=O)CC1CC2CCCCC2O1. The quantitative estimate of drug-likeness (QED) is 0.740. The number of nitrogens with two attached hydrogens (primary N) is 1. The van der Waals surface area contributed by atoms with Gasteiger partial charge >= 0.3 is 0 Å². The third kappa shape index (κ3) is 2.46. The number of sulfonamides is 1. The van der Waals surface area contributed by atoms with Crippen molar-refractivity contribution < 1.29 is 13.2 Å². The lowest BCUT2D eigenvalue weighted by atomic mass is 9.86. The summed E-state index contributed by atoms with van der Waals surface area (Å²) in [5.74, 6) is 0.565. The van der Waals surface area contributed by atoms with Gasteiger partial charge in [0.05, 0.1) is 18.0 Å². The van der Waals surface area contributed by atoms with E-state index in [1.54, 1.807) is 0 Å². The second kappa shape index (κ2) is 3.79. The van der Waals surface area contributed by atoms with Gasteiger partial charge in [-0.3, -0.25) is 0 Å². The summed E-state index contributed by atoms with van der Waals surface area (Å²) in [6, 6.07) is 0. The highest BCUT2D eigenvalue weighted by atomic mass is 32.2. The van der Waals surface area contributed by atoms with E-state index in [1.165, 1.54) is 19.3 Å². The van der Waals surface area contributed by atoms with Gasteiger partial charge in [-0.15, -0.1) is 0 Å². The smallest absolute Gasteiger partial charge is 0.211 e. The molecule has 82 valence electrons. The van der Waals surface area contributed by atoms with Crippen molar-refractivity contribution in [1.82, 2.24) is 0 Å². The Morgan fingerprint density at radius 2 is 2.00 bits per heavy atom. The molecule has 0 spiro atoms. The molecule has 4 nitrogen and oxygen atoms in total. The highest BCUT2D eigenvalue weighted by Gasteiger charge is 2.37. The predicted octanol–water partition coefficient (Wildman–Crippen LogP) is 0.623. The molecule has 2 fully saturated rings. The molecule has 1 aliphatic carbocycles. The zero-order valence-corrected chi connectivity index (χ0v) is 9.00. The van der Waals surface area contributed by atoms with Gasteiger partial charge in [-0.2, -0.15) is 0 Å². The lowest BCUT2D eigenvalue weighted by Crippen LogP contribution is -2.26. The number of hydrogen-bond acceptors (Lipinski definition) is 3. The Morgan fingerprint density at radius 3 is 2.64 bits per heavy atom. The van der Waals surface area contributed by atoms with Crippen molar-refractivity contribution in [1.29, 1.82) is 0 Å². The van der Waals surface area contributed by atoms with Gasteiger partial charge in [-0.05, 0) is 25.2 Å². The van der Waals surface area contributed by atoms with E-state index in [4.69, 9.17) is 9.88 Å². The zero-order chi connectivity index (χ0) is 10.2. The van der Waals surface area contributed by atoms with Crippen LogP contribution in [0, 0.1) is 5.92 Å². The molecule has 2 N–H and O–H groups in total. The standard InChI is InChI=1S/C9H17NO3S/c10-14(11,12)6-8-5-7-3-1-2-4-9(7)13-8/h7-9H,1-6H2,(H2,10,11,12). The lowest BCUT2D eigenvalue weighted by Gasteiger charge is -2.23. The molecule has 2 rings (SSSR count). The number of ether oxygens (including phenoxy) is 1. The Bertz CT molecular complexity index is 287. The van der Waals surface area contributed by atoms with Gasteiger partial charge < -0.3 is 4.74 Å². The Balaban J connectivity index is 1.93. The van der Waals surface area contributed by atoms with Crippen LogP contribution in [-0.4, -0.2) is 26.4 Å². The van der Waals surface area contributed by atoms with Crippen LogP contribution in [0.5, 0.6) is 0 Å². The highest BCUT2D eigenvalue weighted by molar-refractivity contribution is 7.89. The fourth-order valence-corrected chi connectivity index (χ4v) is 3.36. The second-order valence-corrected chi connectivity index (χ2v) is 6.07. The fourth-order valence-electron chi connectivity index (χ4n) is 2.63. The Labute approximate surface area is 84.9 Å². The van der Waals surface area contributed by atoms with Crippen molar-refractivity contribution in [3.05, 3.63) is 0 Å². The summed E-state index contributed by atoms with van der Waals surface area (Å²) in [5, 5.41) is 5.00. The molecule has 1 aliphatic heterocycles. The molecule has 0 amide bonds.